The van der Waals surface area contributed by atoms with Gasteiger partial charge in [-0.3, -0.25) is 10.1 Å². The van der Waals surface area contributed by atoms with E-state index in [1.165, 1.54) is 12.1 Å². The fourth-order valence-corrected chi connectivity index (χ4v) is 3.04. The highest BCUT2D eigenvalue weighted by Gasteiger charge is 2.12. The average molecular weight is 406 g/mol. The normalized spacial score (nSPS) is 10.9. The molecule has 2 aromatic heterocycles. The number of para-hydroxylation sites is 1. The number of hydrogen-bond acceptors (Lipinski definition) is 5. The van der Waals surface area contributed by atoms with Gasteiger partial charge >= 0.3 is 0 Å². The predicted molar refractivity (Wildman–Crippen MR) is 110 cm³/mol. The summed E-state index contributed by atoms with van der Waals surface area (Å²) in [7, 11) is 1.66. The number of ether oxygens (including phenoxy) is 2. The lowest BCUT2D eigenvalue weighted by molar-refractivity contribution is -0.118. The fraction of sp³-hybridized carbons (Fsp3) is 0.136. The monoisotopic (exact) mass is 406 g/mol. The van der Waals surface area contributed by atoms with Crippen molar-refractivity contribution in [2.45, 2.75) is 6.61 Å². The van der Waals surface area contributed by atoms with Crippen molar-refractivity contribution in [1.29, 1.82) is 0 Å². The van der Waals surface area contributed by atoms with Gasteiger partial charge in [0, 0.05) is 18.9 Å². The molecule has 0 radical (unpaired) electrons. The molecule has 0 saturated carbocycles. The number of amides is 1. The van der Waals surface area contributed by atoms with E-state index in [0.29, 0.717) is 12.3 Å². The minimum Gasteiger partial charge on any atom is -0.481 e. The zero-order valence-corrected chi connectivity index (χ0v) is 16.2. The predicted octanol–water partition coefficient (Wildman–Crippen LogP) is 3.70. The molecule has 152 valence electrons. The van der Waals surface area contributed by atoms with Crippen LogP contribution in [-0.4, -0.2) is 34.2 Å². The van der Waals surface area contributed by atoms with Gasteiger partial charge in [0.25, 0.3) is 5.91 Å². The quantitative estimate of drug-likeness (QED) is 0.506. The van der Waals surface area contributed by atoms with Gasteiger partial charge in [-0.1, -0.05) is 36.4 Å². The molecule has 0 aliphatic rings. The summed E-state index contributed by atoms with van der Waals surface area (Å²) in [5.41, 5.74) is 3.60. The molecule has 0 saturated heterocycles. The van der Waals surface area contributed by atoms with E-state index >= 15 is 0 Å². The van der Waals surface area contributed by atoms with E-state index in [2.05, 4.69) is 15.4 Å². The summed E-state index contributed by atoms with van der Waals surface area (Å²) < 4.78 is 25.6. The molecule has 7 nitrogen and oxygen atoms in total. The molecule has 2 aromatic carbocycles. The lowest BCUT2D eigenvalue weighted by Gasteiger charge is -2.08. The van der Waals surface area contributed by atoms with Gasteiger partial charge in [0.05, 0.1) is 6.61 Å². The second-order valence-electron chi connectivity index (χ2n) is 6.51. The number of methoxy groups -OCH3 is 1. The lowest BCUT2D eigenvalue weighted by Crippen LogP contribution is -2.21. The molecule has 4 rings (SSSR count). The van der Waals surface area contributed by atoms with E-state index < -0.39 is 11.7 Å². The molecule has 0 aliphatic heterocycles. The summed E-state index contributed by atoms with van der Waals surface area (Å²) in [4.78, 5) is 16.4. The third-order valence-corrected chi connectivity index (χ3v) is 4.41. The van der Waals surface area contributed by atoms with Crippen LogP contribution in [0.4, 0.5) is 10.3 Å². The third kappa shape index (κ3) is 4.28. The van der Waals surface area contributed by atoms with Crippen LogP contribution >= 0.6 is 0 Å². The van der Waals surface area contributed by atoms with Crippen LogP contribution in [0.1, 0.15) is 5.56 Å². The topological polar surface area (TPSA) is 77.8 Å². The highest BCUT2D eigenvalue weighted by molar-refractivity contribution is 5.90. The summed E-state index contributed by atoms with van der Waals surface area (Å²) in [6.07, 6.45) is 1.84. The van der Waals surface area contributed by atoms with Crippen LogP contribution < -0.4 is 10.1 Å². The van der Waals surface area contributed by atoms with E-state index in [4.69, 9.17) is 9.47 Å². The summed E-state index contributed by atoms with van der Waals surface area (Å²) in [6.45, 7) is 0.140. The maximum atomic E-state index is 13.6. The second kappa shape index (κ2) is 8.71. The first-order valence-electron chi connectivity index (χ1n) is 9.25. The van der Waals surface area contributed by atoms with Crippen molar-refractivity contribution < 1.29 is 18.7 Å². The smallest absolute Gasteiger partial charge is 0.264 e. The van der Waals surface area contributed by atoms with Crippen molar-refractivity contribution in [2.75, 3.05) is 19.0 Å². The van der Waals surface area contributed by atoms with Gasteiger partial charge in [-0.25, -0.2) is 8.91 Å². The number of pyridine rings is 1. The van der Waals surface area contributed by atoms with Gasteiger partial charge in [-0.2, -0.15) is 4.98 Å². The second-order valence-corrected chi connectivity index (χ2v) is 6.51. The number of hydrogen-bond donors (Lipinski definition) is 1. The first-order chi connectivity index (χ1) is 14.6. The molecule has 0 spiro atoms. The molecule has 1 N–H and O–H groups in total. The molecular weight excluding hydrogens is 387 g/mol. The molecule has 4 aromatic rings. The average Bonchev–Trinajstić information content (AvgIpc) is 3.15. The number of carbonyl (C=O) groups excluding carboxylic acids is 1. The number of nitrogens with one attached hydrogen (secondary N) is 1. The van der Waals surface area contributed by atoms with Crippen LogP contribution in [0.5, 0.6) is 5.75 Å². The highest BCUT2D eigenvalue weighted by Crippen LogP contribution is 2.24. The molecule has 0 unspecified atom stereocenters. The van der Waals surface area contributed by atoms with Crippen molar-refractivity contribution in [3.63, 3.8) is 0 Å². The van der Waals surface area contributed by atoms with Gasteiger partial charge in [-0.15, -0.1) is 5.10 Å². The maximum absolute atomic E-state index is 13.6. The van der Waals surface area contributed by atoms with Crippen LogP contribution in [0, 0.1) is 5.82 Å². The number of carbonyl (C=O) groups is 1. The van der Waals surface area contributed by atoms with Crippen molar-refractivity contribution in [3.8, 4) is 16.9 Å². The minimum atomic E-state index is -0.530. The Morgan fingerprint density at radius 2 is 1.90 bits per heavy atom. The number of halogens is 1. The van der Waals surface area contributed by atoms with E-state index in [1.807, 2.05) is 42.6 Å². The van der Waals surface area contributed by atoms with Crippen molar-refractivity contribution in [1.82, 2.24) is 14.6 Å². The van der Waals surface area contributed by atoms with Crippen molar-refractivity contribution in [2.24, 2.45) is 0 Å². The Kier molecular flexibility index (Phi) is 5.67. The summed E-state index contributed by atoms with van der Waals surface area (Å²) in [6, 6.07) is 17.6. The largest absolute Gasteiger partial charge is 0.481 e. The first kappa shape index (κ1) is 19.5. The number of aromatic nitrogens is 3. The molecule has 0 bridgehead atoms. The molecule has 0 fully saturated rings. The zero-order valence-electron chi connectivity index (χ0n) is 16.2. The molecule has 2 heterocycles. The Morgan fingerprint density at radius 1 is 1.10 bits per heavy atom. The summed E-state index contributed by atoms with van der Waals surface area (Å²) >= 11 is 0. The van der Waals surface area contributed by atoms with Gasteiger partial charge in [0.15, 0.2) is 23.8 Å². The number of rotatable bonds is 7. The van der Waals surface area contributed by atoms with Gasteiger partial charge < -0.3 is 9.47 Å². The molecule has 8 heteroatoms. The first-order valence-corrected chi connectivity index (χ1v) is 9.25. The van der Waals surface area contributed by atoms with E-state index in [1.54, 1.807) is 23.8 Å². The van der Waals surface area contributed by atoms with Gasteiger partial charge in [-0.05, 0) is 35.4 Å². The number of anilines is 1. The van der Waals surface area contributed by atoms with Crippen LogP contribution in [0.25, 0.3) is 16.8 Å². The minimum absolute atomic E-state index is 0.00924. The van der Waals surface area contributed by atoms with Crippen LogP contribution in [0.15, 0.2) is 66.9 Å². The Hall–Kier alpha value is -3.78. The van der Waals surface area contributed by atoms with Crippen molar-refractivity contribution >= 4 is 17.5 Å². The Labute approximate surface area is 172 Å². The molecular formula is C22H19FN4O3. The molecule has 30 heavy (non-hydrogen) atoms. The number of nitrogens with zero attached hydrogens (tertiary/aromatic N) is 3. The summed E-state index contributed by atoms with van der Waals surface area (Å²) in [5.74, 6) is -0.869. The molecule has 0 atom stereocenters. The van der Waals surface area contributed by atoms with Crippen LogP contribution in [-0.2, 0) is 16.1 Å². The van der Waals surface area contributed by atoms with Gasteiger partial charge in [0.2, 0.25) is 5.95 Å². The Bertz CT molecular complexity index is 1190. The van der Waals surface area contributed by atoms with Crippen LogP contribution in [0.2, 0.25) is 0 Å². The SMILES string of the molecule is COCc1ccccc1-c1ccc2nc(NC(=O)COc3ccccc3F)nn2c1. The highest BCUT2D eigenvalue weighted by atomic mass is 19.1. The maximum Gasteiger partial charge on any atom is 0.264 e. The van der Waals surface area contributed by atoms with Crippen LogP contribution in [0.3, 0.4) is 0 Å². The van der Waals surface area contributed by atoms with E-state index in [0.717, 1.165) is 16.7 Å². The number of fused-ring (bicyclic) bond motifs is 1. The standard InChI is InChI=1S/C22H19FN4O3/c1-29-13-16-6-2-3-7-17(16)15-10-11-20-24-22(26-27(20)12-15)25-21(28)14-30-19-9-5-4-8-18(19)23/h2-12H,13-14H2,1H3,(H,25,26,28). The van der Waals surface area contributed by atoms with Gasteiger partial charge in [0.1, 0.15) is 0 Å². The third-order valence-electron chi connectivity index (χ3n) is 4.41. The lowest BCUT2D eigenvalue weighted by atomic mass is 10.0. The Morgan fingerprint density at radius 3 is 2.73 bits per heavy atom. The molecule has 0 aliphatic carbocycles. The number of benzene rings is 2. The molecule has 1 amide bonds. The summed E-state index contributed by atoms with van der Waals surface area (Å²) in [5, 5.41) is 6.86. The fourth-order valence-electron chi connectivity index (χ4n) is 3.04. The van der Waals surface area contributed by atoms with E-state index in [9.17, 15) is 9.18 Å². The van der Waals surface area contributed by atoms with Crippen molar-refractivity contribution in [3.05, 3.63) is 78.2 Å². The Balaban J connectivity index is 1.49. The van der Waals surface area contributed by atoms with E-state index in [-0.39, 0.29) is 18.3 Å². The zero-order chi connectivity index (χ0) is 20.9.